The lowest BCUT2D eigenvalue weighted by atomic mass is 10.0. The summed E-state index contributed by atoms with van der Waals surface area (Å²) in [5, 5.41) is 9.99. The van der Waals surface area contributed by atoms with Gasteiger partial charge in [-0.2, -0.15) is 0 Å². The summed E-state index contributed by atoms with van der Waals surface area (Å²) < 4.78 is 5.46. The summed E-state index contributed by atoms with van der Waals surface area (Å²) in [5.41, 5.74) is 1.69. The smallest absolute Gasteiger partial charge is 0.226 e. The zero-order chi connectivity index (χ0) is 21.2. The van der Waals surface area contributed by atoms with Crippen LogP contribution in [-0.4, -0.2) is 69.2 Å². The van der Waals surface area contributed by atoms with Crippen LogP contribution in [0.1, 0.15) is 25.8 Å². The number of guanidine groups is 1. The first-order valence-corrected chi connectivity index (χ1v) is 10.6. The molecule has 0 aromatic heterocycles. The molecule has 1 aromatic rings. The molecule has 1 fully saturated rings. The molecule has 1 atom stereocenters. The number of aliphatic imine (C=N–C) groups is 1. The maximum Gasteiger partial charge on any atom is 0.226 e. The lowest BCUT2D eigenvalue weighted by Crippen LogP contribution is -2.52. The predicted molar refractivity (Wildman–Crippen MR) is 120 cm³/mol. The quantitative estimate of drug-likeness (QED) is 0.442. The number of nitrogens with one attached hydrogen (secondary N) is 3. The first-order chi connectivity index (χ1) is 13.9. The van der Waals surface area contributed by atoms with Gasteiger partial charge in [-0.05, 0) is 30.5 Å². The van der Waals surface area contributed by atoms with Crippen LogP contribution in [0.15, 0.2) is 23.2 Å². The van der Waals surface area contributed by atoms with Crippen molar-refractivity contribution in [2.75, 3.05) is 51.8 Å². The summed E-state index contributed by atoms with van der Waals surface area (Å²) in [6, 6.07) is 5.98. The third-order valence-corrected chi connectivity index (χ3v) is 5.34. The fourth-order valence-corrected chi connectivity index (χ4v) is 3.63. The molecule has 0 spiro atoms. The largest absolute Gasteiger partial charge is 0.379 e. The van der Waals surface area contributed by atoms with Gasteiger partial charge in [0.15, 0.2) is 5.96 Å². The molecule has 162 valence electrons. The highest BCUT2D eigenvalue weighted by atomic mass is 35.5. The fourth-order valence-electron chi connectivity index (χ4n) is 3.35. The number of ether oxygens (including phenoxy) is 1. The van der Waals surface area contributed by atoms with Crippen LogP contribution >= 0.6 is 11.6 Å². The Morgan fingerprint density at radius 2 is 2.00 bits per heavy atom. The van der Waals surface area contributed by atoms with E-state index in [1.165, 1.54) is 0 Å². The number of benzene rings is 1. The number of hydrogen-bond acceptors (Lipinski definition) is 4. The second-order valence-electron chi connectivity index (χ2n) is 7.62. The Hall–Kier alpha value is -1.83. The molecule has 29 heavy (non-hydrogen) atoms. The highest BCUT2D eigenvalue weighted by Gasteiger charge is 2.23. The van der Waals surface area contributed by atoms with Crippen LogP contribution in [0.5, 0.6) is 0 Å². The minimum absolute atomic E-state index is 0.0907. The van der Waals surface area contributed by atoms with Crippen LogP contribution < -0.4 is 16.0 Å². The topological polar surface area (TPSA) is 78.0 Å². The number of hydrogen-bond donors (Lipinski definition) is 3. The van der Waals surface area contributed by atoms with E-state index < -0.39 is 0 Å². The molecule has 1 aromatic carbocycles. The van der Waals surface area contributed by atoms with Gasteiger partial charge in [0.05, 0.1) is 23.9 Å². The van der Waals surface area contributed by atoms with E-state index in [2.05, 4.69) is 39.7 Å². The SMILES string of the molecule is CN=C(NCCC(=O)Nc1ccc(C)cc1Cl)NCC(C(C)C)N1CCOCC1. The molecule has 1 unspecified atom stereocenters. The molecular formula is C21H34ClN5O2. The zero-order valence-electron chi connectivity index (χ0n) is 17.9. The highest BCUT2D eigenvalue weighted by Crippen LogP contribution is 2.22. The Kier molecular flexibility index (Phi) is 9.70. The second kappa shape index (κ2) is 12.0. The van der Waals surface area contributed by atoms with Gasteiger partial charge in [0, 0.05) is 45.7 Å². The van der Waals surface area contributed by atoms with Crippen molar-refractivity contribution in [2.24, 2.45) is 10.9 Å². The van der Waals surface area contributed by atoms with Crippen LogP contribution in [0.3, 0.4) is 0 Å². The molecule has 0 saturated carbocycles. The molecule has 7 nitrogen and oxygen atoms in total. The van der Waals surface area contributed by atoms with Crippen molar-refractivity contribution in [3.05, 3.63) is 28.8 Å². The van der Waals surface area contributed by atoms with Crippen LogP contribution in [0.2, 0.25) is 5.02 Å². The molecule has 1 aliphatic heterocycles. The number of amides is 1. The van der Waals surface area contributed by atoms with E-state index in [-0.39, 0.29) is 5.91 Å². The minimum Gasteiger partial charge on any atom is -0.379 e. The number of aryl methyl sites for hydroxylation is 1. The van der Waals surface area contributed by atoms with E-state index in [4.69, 9.17) is 16.3 Å². The molecule has 0 radical (unpaired) electrons. The lowest BCUT2D eigenvalue weighted by molar-refractivity contribution is -0.116. The van der Waals surface area contributed by atoms with E-state index in [0.29, 0.717) is 41.6 Å². The van der Waals surface area contributed by atoms with E-state index in [9.17, 15) is 4.79 Å². The summed E-state index contributed by atoms with van der Waals surface area (Å²) in [7, 11) is 1.74. The van der Waals surface area contributed by atoms with Gasteiger partial charge < -0.3 is 20.7 Å². The first kappa shape index (κ1) is 23.4. The van der Waals surface area contributed by atoms with Gasteiger partial charge >= 0.3 is 0 Å². The standard InChI is InChI=1S/C21H34ClN5O2/c1-15(2)19(27-9-11-29-12-10-27)14-25-21(23-4)24-8-7-20(28)26-18-6-5-16(3)13-17(18)22/h5-6,13,15,19H,7-12,14H2,1-4H3,(H,26,28)(H2,23,24,25). The highest BCUT2D eigenvalue weighted by molar-refractivity contribution is 6.33. The summed E-state index contributed by atoms with van der Waals surface area (Å²) in [5.74, 6) is 1.13. The van der Waals surface area contributed by atoms with Gasteiger partial charge in [-0.25, -0.2) is 0 Å². The van der Waals surface area contributed by atoms with Crippen LogP contribution in [-0.2, 0) is 9.53 Å². The molecule has 0 aliphatic carbocycles. The summed E-state index contributed by atoms with van der Waals surface area (Å²) in [6.07, 6.45) is 0.321. The van der Waals surface area contributed by atoms with E-state index >= 15 is 0 Å². The van der Waals surface area contributed by atoms with Crippen molar-refractivity contribution in [1.29, 1.82) is 0 Å². The fraction of sp³-hybridized carbons (Fsp3) is 0.619. The Morgan fingerprint density at radius 3 is 2.62 bits per heavy atom. The number of carbonyl (C=O) groups excluding carboxylic acids is 1. The third kappa shape index (κ3) is 7.84. The van der Waals surface area contributed by atoms with E-state index in [1.54, 1.807) is 7.05 Å². The molecule has 1 saturated heterocycles. The van der Waals surface area contributed by atoms with Crippen LogP contribution in [0.4, 0.5) is 5.69 Å². The Labute approximate surface area is 179 Å². The number of nitrogens with zero attached hydrogens (tertiary/aromatic N) is 2. The molecule has 1 heterocycles. The predicted octanol–water partition coefficient (Wildman–Crippen LogP) is 2.50. The molecule has 1 aliphatic rings. The molecule has 0 bridgehead atoms. The average Bonchev–Trinajstić information content (AvgIpc) is 2.69. The van der Waals surface area contributed by atoms with Gasteiger partial charge in [0.1, 0.15) is 0 Å². The molecule has 2 rings (SSSR count). The van der Waals surface area contributed by atoms with E-state index in [1.807, 2.05) is 25.1 Å². The van der Waals surface area contributed by atoms with Gasteiger partial charge in [-0.15, -0.1) is 0 Å². The minimum atomic E-state index is -0.0907. The molecule has 8 heteroatoms. The normalized spacial score (nSPS) is 16.6. The lowest BCUT2D eigenvalue weighted by Gasteiger charge is -2.37. The van der Waals surface area contributed by atoms with Gasteiger partial charge in [0.25, 0.3) is 0 Å². The van der Waals surface area contributed by atoms with Gasteiger partial charge in [0.2, 0.25) is 5.91 Å². The first-order valence-electron chi connectivity index (χ1n) is 10.2. The Bertz CT molecular complexity index is 690. The maximum atomic E-state index is 12.2. The van der Waals surface area contributed by atoms with Crippen LogP contribution in [0, 0.1) is 12.8 Å². The molecule has 1 amide bonds. The second-order valence-corrected chi connectivity index (χ2v) is 8.03. The Morgan fingerprint density at radius 1 is 1.28 bits per heavy atom. The van der Waals surface area contributed by atoms with Crippen molar-refractivity contribution in [3.8, 4) is 0 Å². The van der Waals surface area contributed by atoms with Crippen molar-refractivity contribution >= 4 is 29.2 Å². The van der Waals surface area contributed by atoms with E-state index in [0.717, 1.165) is 38.4 Å². The van der Waals surface area contributed by atoms with Crippen LogP contribution in [0.25, 0.3) is 0 Å². The number of anilines is 1. The third-order valence-electron chi connectivity index (χ3n) is 5.03. The Balaban J connectivity index is 1.75. The maximum absolute atomic E-state index is 12.2. The number of morpholine rings is 1. The monoisotopic (exact) mass is 423 g/mol. The van der Waals surface area contributed by atoms with Gasteiger partial charge in [-0.3, -0.25) is 14.7 Å². The number of rotatable bonds is 8. The van der Waals surface area contributed by atoms with Crippen molar-refractivity contribution < 1.29 is 9.53 Å². The number of halogens is 1. The van der Waals surface area contributed by atoms with Crippen molar-refractivity contribution in [2.45, 2.75) is 33.2 Å². The summed E-state index contributed by atoms with van der Waals surface area (Å²) in [4.78, 5) is 18.9. The summed E-state index contributed by atoms with van der Waals surface area (Å²) >= 11 is 6.17. The number of carbonyl (C=O) groups is 1. The zero-order valence-corrected chi connectivity index (χ0v) is 18.7. The molecule has 3 N–H and O–H groups in total. The van der Waals surface area contributed by atoms with Crippen molar-refractivity contribution in [3.63, 3.8) is 0 Å². The average molecular weight is 424 g/mol. The van der Waals surface area contributed by atoms with Gasteiger partial charge in [-0.1, -0.05) is 31.5 Å². The van der Waals surface area contributed by atoms with Crippen molar-refractivity contribution in [1.82, 2.24) is 15.5 Å². The molecular weight excluding hydrogens is 390 g/mol. The summed E-state index contributed by atoms with van der Waals surface area (Å²) in [6.45, 7) is 11.2.